The van der Waals surface area contributed by atoms with Gasteiger partial charge in [0.2, 0.25) is 10.0 Å². The van der Waals surface area contributed by atoms with Crippen LogP contribution in [-0.2, 0) is 19.6 Å². The molecule has 0 aliphatic rings. The van der Waals surface area contributed by atoms with E-state index in [9.17, 15) is 18.0 Å². The molecule has 0 aliphatic carbocycles. The Kier molecular flexibility index (Phi) is 5.59. The third-order valence-electron chi connectivity index (χ3n) is 2.77. The lowest BCUT2D eigenvalue weighted by atomic mass is 10.2. The predicted octanol–water partition coefficient (Wildman–Crippen LogP) is 1.55. The van der Waals surface area contributed by atoms with E-state index in [1.165, 1.54) is 26.0 Å². The van der Waals surface area contributed by atoms with Gasteiger partial charge in [0.25, 0.3) is 0 Å². The fourth-order valence-electron chi connectivity index (χ4n) is 1.67. The molecule has 0 atom stereocenters. The SMILES string of the molecule is CC(=O)CCN(CC(C)=O)S(=O)(=O)c1ccc(C)cc1. The molecule has 0 saturated heterocycles. The van der Waals surface area contributed by atoms with Crippen molar-refractivity contribution in [1.29, 1.82) is 0 Å². The maximum Gasteiger partial charge on any atom is 0.243 e. The number of Topliss-reactive ketones (excluding diaryl/α,β-unsaturated/α-hetero) is 2. The number of benzene rings is 1. The Labute approximate surface area is 119 Å². The number of nitrogens with zero attached hydrogens (tertiary/aromatic N) is 1. The first-order chi connectivity index (χ1) is 9.23. The molecule has 110 valence electrons. The van der Waals surface area contributed by atoms with Crippen molar-refractivity contribution in [3.05, 3.63) is 29.8 Å². The van der Waals surface area contributed by atoms with Gasteiger partial charge in [-0.1, -0.05) is 17.7 Å². The van der Waals surface area contributed by atoms with Crippen molar-refractivity contribution in [2.24, 2.45) is 0 Å². The predicted molar refractivity (Wildman–Crippen MR) is 75.9 cm³/mol. The van der Waals surface area contributed by atoms with Gasteiger partial charge < -0.3 is 0 Å². The minimum atomic E-state index is -3.75. The normalized spacial score (nSPS) is 11.6. The van der Waals surface area contributed by atoms with E-state index in [1.807, 2.05) is 6.92 Å². The summed E-state index contributed by atoms with van der Waals surface area (Å²) < 4.78 is 26.0. The molecule has 20 heavy (non-hydrogen) atoms. The first kappa shape index (κ1) is 16.5. The number of ketones is 2. The molecule has 0 amide bonds. The maximum atomic E-state index is 12.5. The standard InChI is InChI=1S/C14H19NO4S/c1-11-4-6-14(7-5-11)20(18,19)15(10-13(3)17)9-8-12(2)16/h4-7H,8-10H2,1-3H3. The molecule has 1 aromatic carbocycles. The van der Waals surface area contributed by atoms with Crippen LogP contribution in [0.3, 0.4) is 0 Å². The van der Waals surface area contributed by atoms with Gasteiger partial charge >= 0.3 is 0 Å². The summed E-state index contributed by atoms with van der Waals surface area (Å²) in [6.45, 7) is 4.38. The molecule has 0 N–H and O–H groups in total. The van der Waals surface area contributed by atoms with Gasteiger partial charge in [0.1, 0.15) is 11.6 Å². The number of sulfonamides is 1. The molecule has 0 spiro atoms. The van der Waals surface area contributed by atoms with E-state index >= 15 is 0 Å². The Bertz CT molecular complexity index is 590. The molecule has 1 aromatic rings. The summed E-state index contributed by atoms with van der Waals surface area (Å²) >= 11 is 0. The van der Waals surface area contributed by atoms with Crippen LogP contribution in [0.25, 0.3) is 0 Å². The average Bonchev–Trinajstić information content (AvgIpc) is 2.34. The number of aryl methyl sites for hydroxylation is 1. The molecule has 0 bridgehead atoms. The summed E-state index contributed by atoms with van der Waals surface area (Å²) in [7, 11) is -3.75. The second kappa shape index (κ2) is 6.76. The van der Waals surface area contributed by atoms with Crippen molar-refractivity contribution in [2.75, 3.05) is 13.1 Å². The molecule has 0 aromatic heterocycles. The van der Waals surface area contributed by atoms with Crippen molar-refractivity contribution in [2.45, 2.75) is 32.1 Å². The van der Waals surface area contributed by atoms with Gasteiger partial charge in [-0.25, -0.2) is 8.42 Å². The second-order valence-corrected chi connectivity index (χ2v) is 6.74. The Hall–Kier alpha value is -1.53. The lowest BCUT2D eigenvalue weighted by Gasteiger charge is -2.20. The van der Waals surface area contributed by atoms with E-state index in [1.54, 1.807) is 12.1 Å². The van der Waals surface area contributed by atoms with Crippen LogP contribution in [0.2, 0.25) is 0 Å². The van der Waals surface area contributed by atoms with Crippen LogP contribution < -0.4 is 0 Å². The summed E-state index contributed by atoms with van der Waals surface area (Å²) in [5.41, 5.74) is 0.950. The quantitative estimate of drug-likeness (QED) is 0.765. The maximum absolute atomic E-state index is 12.5. The number of hydrogen-bond donors (Lipinski definition) is 0. The van der Waals surface area contributed by atoms with Gasteiger partial charge in [0.15, 0.2) is 0 Å². The highest BCUT2D eigenvalue weighted by atomic mass is 32.2. The molecule has 0 radical (unpaired) electrons. The smallest absolute Gasteiger partial charge is 0.243 e. The molecule has 0 heterocycles. The molecular weight excluding hydrogens is 278 g/mol. The largest absolute Gasteiger partial charge is 0.300 e. The molecule has 5 nitrogen and oxygen atoms in total. The second-order valence-electron chi connectivity index (χ2n) is 4.81. The highest BCUT2D eigenvalue weighted by Crippen LogP contribution is 2.16. The lowest BCUT2D eigenvalue weighted by molar-refractivity contribution is -0.119. The molecule has 0 fully saturated rings. The van der Waals surface area contributed by atoms with Gasteiger partial charge in [0, 0.05) is 13.0 Å². The average molecular weight is 297 g/mol. The van der Waals surface area contributed by atoms with Gasteiger partial charge in [-0.15, -0.1) is 0 Å². The van der Waals surface area contributed by atoms with Crippen molar-refractivity contribution in [1.82, 2.24) is 4.31 Å². The zero-order valence-corrected chi connectivity index (χ0v) is 12.7. The van der Waals surface area contributed by atoms with E-state index in [2.05, 4.69) is 0 Å². The number of carbonyl (C=O) groups is 2. The third kappa shape index (κ3) is 4.54. The molecular formula is C14H19NO4S. The summed E-state index contributed by atoms with van der Waals surface area (Å²) in [4.78, 5) is 22.4. The highest BCUT2D eigenvalue weighted by molar-refractivity contribution is 7.89. The van der Waals surface area contributed by atoms with Crippen LogP contribution in [-0.4, -0.2) is 37.4 Å². The van der Waals surface area contributed by atoms with Crippen LogP contribution in [0.1, 0.15) is 25.8 Å². The van der Waals surface area contributed by atoms with E-state index in [0.717, 1.165) is 9.87 Å². The minimum absolute atomic E-state index is 0.0190. The summed E-state index contributed by atoms with van der Waals surface area (Å²) in [5, 5.41) is 0. The van der Waals surface area contributed by atoms with Crippen molar-refractivity contribution < 1.29 is 18.0 Å². The number of rotatable bonds is 7. The van der Waals surface area contributed by atoms with Crippen LogP contribution >= 0.6 is 0 Å². The Morgan fingerprint density at radius 3 is 2.05 bits per heavy atom. The molecule has 0 saturated carbocycles. The van der Waals surface area contributed by atoms with Crippen molar-refractivity contribution >= 4 is 21.6 Å². The fourth-order valence-corrected chi connectivity index (χ4v) is 3.14. The molecule has 6 heteroatoms. The van der Waals surface area contributed by atoms with Gasteiger partial charge in [-0.05, 0) is 32.9 Å². The van der Waals surface area contributed by atoms with E-state index in [0.29, 0.717) is 0 Å². The molecule has 0 unspecified atom stereocenters. The fraction of sp³-hybridized carbons (Fsp3) is 0.429. The van der Waals surface area contributed by atoms with E-state index in [-0.39, 0.29) is 36.0 Å². The number of hydrogen-bond acceptors (Lipinski definition) is 4. The first-order valence-corrected chi connectivity index (χ1v) is 7.73. The topological polar surface area (TPSA) is 71.5 Å². The highest BCUT2D eigenvalue weighted by Gasteiger charge is 2.25. The molecule has 1 rings (SSSR count). The Morgan fingerprint density at radius 1 is 1.05 bits per heavy atom. The van der Waals surface area contributed by atoms with Crippen LogP contribution in [0.5, 0.6) is 0 Å². The first-order valence-electron chi connectivity index (χ1n) is 6.29. The third-order valence-corrected chi connectivity index (χ3v) is 4.63. The summed E-state index contributed by atoms with van der Waals surface area (Å²) in [5.74, 6) is -0.373. The Morgan fingerprint density at radius 2 is 1.60 bits per heavy atom. The van der Waals surface area contributed by atoms with E-state index in [4.69, 9.17) is 0 Å². The number of carbonyl (C=O) groups excluding carboxylic acids is 2. The molecule has 0 aliphatic heterocycles. The van der Waals surface area contributed by atoms with Gasteiger partial charge in [-0.2, -0.15) is 4.31 Å². The summed E-state index contributed by atoms with van der Waals surface area (Å²) in [6, 6.07) is 6.41. The Balaban J connectivity index is 3.06. The van der Waals surface area contributed by atoms with Crippen LogP contribution in [0.15, 0.2) is 29.2 Å². The van der Waals surface area contributed by atoms with Crippen molar-refractivity contribution in [3.8, 4) is 0 Å². The zero-order valence-electron chi connectivity index (χ0n) is 11.9. The zero-order chi connectivity index (χ0) is 15.3. The van der Waals surface area contributed by atoms with E-state index < -0.39 is 10.0 Å². The van der Waals surface area contributed by atoms with Gasteiger partial charge in [0.05, 0.1) is 11.4 Å². The van der Waals surface area contributed by atoms with Crippen LogP contribution in [0.4, 0.5) is 0 Å². The summed E-state index contributed by atoms with van der Waals surface area (Å²) in [6.07, 6.45) is 0.0956. The van der Waals surface area contributed by atoms with Gasteiger partial charge in [-0.3, -0.25) is 9.59 Å². The van der Waals surface area contributed by atoms with Crippen molar-refractivity contribution in [3.63, 3.8) is 0 Å². The van der Waals surface area contributed by atoms with Crippen LogP contribution in [0, 0.1) is 6.92 Å². The monoisotopic (exact) mass is 297 g/mol. The minimum Gasteiger partial charge on any atom is -0.300 e. The lowest BCUT2D eigenvalue weighted by Crippen LogP contribution is -2.36.